The van der Waals surface area contributed by atoms with Gasteiger partial charge in [0.25, 0.3) is 0 Å². The predicted molar refractivity (Wildman–Crippen MR) is 105 cm³/mol. The summed E-state index contributed by atoms with van der Waals surface area (Å²) in [6, 6.07) is -0.476. The molecule has 0 radical (unpaired) electrons. The molecule has 0 aromatic carbocycles. The van der Waals surface area contributed by atoms with Crippen molar-refractivity contribution >= 4 is 23.6 Å². The van der Waals surface area contributed by atoms with E-state index in [1.54, 1.807) is 4.90 Å². The predicted octanol–water partition coefficient (Wildman–Crippen LogP) is 2.47. The Bertz CT molecular complexity index is 684. The quantitative estimate of drug-likeness (QED) is 0.569. The monoisotopic (exact) mass is 391 g/mol. The highest BCUT2D eigenvalue weighted by Crippen LogP contribution is 2.33. The first-order valence-corrected chi connectivity index (χ1v) is 10.9. The van der Waals surface area contributed by atoms with Crippen molar-refractivity contribution in [3.8, 4) is 0 Å². The van der Waals surface area contributed by atoms with Gasteiger partial charge >= 0.3 is 0 Å². The average molecular weight is 392 g/mol. The van der Waals surface area contributed by atoms with Gasteiger partial charge in [0.05, 0.1) is 5.75 Å². The van der Waals surface area contributed by atoms with Crippen LogP contribution in [0.5, 0.6) is 0 Å². The van der Waals surface area contributed by atoms with E-state index in [-0.39, 0.29) is 11.7 Å². The largest absolute Gasteiger partial charge is 0.368 e. The van der Waals surface area contributed by atoms with Gasteiger partial charge in [0, 0.05) is 19.0 Å². The molecule has 148 valence electrons. The molecule has 1 saturated heterocycles. The molecule has 2 fully saturated rings. The summed E-state index contributed by atoms with van der Waals surface area (Å²) in [5.74, 6) is 1.22. The number of hydrogen-bond donors (Lipinski definition) is 1. The van der Waals surface area contributed by atoms with Crippen molar-refractivity contribution in [1.29, 1.82) is 0 Å². The van der Waals surface area contributed by atoms with Gasteiger partial charge in [0.1, 0.15) is 11.9 Å². The zero-order chi connectivity index (χ0) is 19.2. The number of carbonyl (C=O) groups excluding carboxylic acids is 2. The van der Waals surface area contributed by atoms with E-state index >= 15 is 0 Å². The molecule has 7 nitrogen and oxygen atoms in total. The Labute approximate surface area is 164 Å². The Hall–Kier alpha value is -1.83. The Kier molecular flexibility index (Phi) is 6.93. The molecule has 2 amide bonds. The molecular weight excluding hydrogens is 362 g/mol. The zero-order valence-corrected chi connectivity index (χ0v) is 16.6. The van der Waals surface area contributed by atoms with Crippen molar-refractivity contribution in [2.75, 3.05) is 12.3 Å². The maximum atomic E-state index is 12.7. The molecule has 8 heteroatoms. The molecule has 0 spiro atoms. The lowest BCUT2D eigenvalue weighted by atomic mass is 9.89. The fourth-order valence-electron chi connectivity index (χ4n) is 4.11. The maximum Gasteiger partial charge on any atom is 0.240 e. The third-order valence-corrected chi connectivity index (χ3v) is 6.46. The van der Waals surface area contributed by atoms with Gasteiger partial charge < -0.3 is 15.2 Å². The van der Waals surface area contributed by atoms with E-state index in [0.717, 1.165) is 36.7 Å². The molecule has 1 aliphatic heterocycles. The molecule has 2 N–H and O–H groups in total. The van der Waals surface area contributed by atoms with Gasteiger partial charge in [-0.05, 0) is 32.1 Å². The summed E-state index contributed by atoms with van der Waals surface area (Å²) in [5.41, 5.74) is 5.48. The minimum atomic E-state index is -0.476. The Morgan fingerprint density at radius 3 is 2.59 bits per heavy atom. The maximum absolute atomic E-state index is 12.7. The fourth-order valence-corrected chi connectivity index (χ4v) is 4.95. The number of aromatic nitrogens is 3. The molecule has 0 bridgehead atoms. The number of carbonyl (C=O) groups is 2. The fraction of sp³-hybridized carbons (Fsp3) is 0.684. The molecule has 1 aliphatic carbocycles. The number of thioether (sulfide) groups is 1. The number of hydrogen-bond acceptors (Lipinski definition) is 5. The number of likely N-dealkylation sites (tertiary alicyclic amines) is 1. The Morgan fingerprint density at radius 2 is 1.89 bits per heavy atom. The topological polar surface area (TPSA) is 94.1 Å². The van der Waals surface area contributed by atoms with Gasteiger partial charge in [-0.15, -0.1) is 16.8 Å². The number of piperidine rings is 1. The van der Waals surface area contributed by atoms with Crippen molar-refractivity contribution in [3.63, 3.8) is 0 Å². The number of nitrogens with two attached hydrogens (primary N) is 1. The Balaban J connectivity index is 1.67. The molecule has 1 atom stereocenters. The molecule has 1 aromatic heterocycles. The minimum absolute atomic E-state index is 0.0594. The summed E-state index contributed by atoms with van der Waals surface area (Å²) >= 11 is 1.39. The molecule has 1 aromatic rings. The van der Waals surface area contributed by atoms with Crippen LogP contribution in [0, 0.1) is 0 Å². The summed E-state index contributed by atoms with van der Waals surface area (Å²) < 4.78 is 2.09. The van der Waals surface area contributed by atoms with Crippen molar-refractivity contribution in [1.82, 2.24) is 19.7 Å². The molecule has 27 heavy (non-hydrogen) atoms. The van der Waals surface area contributed by atoms with Crippen molar-refractivity contribution in [3.05, 3.63) is 18.5 Å². The summed E-state index contributed by atoms with van der Waals surface area (Å²) in [4.78, 5) is 26.0. The van der Waals surface area contributed by atoms with Crippen LogP contribution in [-0.4, -0.2) is 49.8 Å². The Morgan fingerprint density at radius 1 is 1.15 bits per heavy atom. The summed E-state index contributed by atoms with van der Waals surface area (Å²) in [6.07, 6.45) is 10.4. The van der Waals surface area contributed by atoms with Crippen molar-refractivity contribution in [2.24, 2.45) is 5.73 Å². The van der Waals surface area contributed by atoms with E-state index in [0.29, 0.717) is 25.4 Å². The second-order valence-corrected chi connectivity index (χ2v) is 8.31. The zero-order valence-electron chi connectivity index (χ0n) is 15.8. The van der Waals surface area contributed by atoms with Crippen LogP contribution in [0.2, 0.25) is 0 Å². The lowest BCUT2D eigenvalue weighted by Crippen LogP contribution is -2.51. The van der Waals surface area contributed by atoms with E-state index in [1.807, 2.05) is 6.08 Å². The van der Waals surface area contributed by atoms with Crippen LogP contribution >= 0.6 is 11.8 Å². The second-order valence-electron chi connectivity index (χ2n) is 7.36. The van der Waals surface area contributed by atoms with E-state index in [9.17, 15) is 9.59 Å². The standard InChI is InChI=1S/C19H29N5O2S/c1-2-11-24-18(14-8-4-3-5-9-14)21-22-19(24)27-13-16(25)23-12-7-6-10-15(23)17(20)26/h2,14-15H,1,3-13H2,(H2,20,26)/t15-/m0/s1. The van der Waals surface area contributed by atoms with Gasteiger partial charge in [-0.2, -0.15) is 0 Å². The summed E-state index contributed by atoms with van der Waals surface area (Å²) in [5, 5.41) is 9.53. The van der Waals surface area contributed by atoms with Crippen LogP contribution in [0.3, 0.4) is 0 Å². The molecule has 0 unspecified atom stereocenters. The molecule has 2 aliphatic rings. The lowest BCUT2D eigenvalue weighted by Gasteiger charge is -2.33. The van der Waals surface area contributed by atoms with Crippen molar-refractivity contribution < 1.29 is 9.59 Å². The van der Waals surface area contributed by atoms with E-state index in [4.69, 9.17) is 5.73 Å². The van der Waals surface area contributed by atoms with Crippen LogP contribution in [0.15, 0.2) is 17.8 Å². The lowest BCUT2D eigenvalue weighted by molar-refractivity contribution is -0.138. The number of amides is 2. The smallest absolute Gasteiger partial charge is 0.240 e. The summed E-state index contributed by atoms with van der Waals surface area (Å²) in [7, 11) is 0. The molecule has 2 heterocycles. The summed E-state index contributed by atoms with van der Waals surface area (Å²) in [6.45, 7) is 5.09. The van der Waals surface area contributed by atoms with Crippen molar-refractivity contribution in [2.45, 2.75) is 75.0 Å². The van der Waals surface area contributed by atoms with Gasteiger partial charge in [-0.1, -0.05) is 37.1 Å². The number of rotatable bonds is 7. The second kappa shape index (κ2) is 9.39. The molecular formula is C19H29N5O2S. The average Bonchev–Trinajstić information content (AvgIpc) is 3.09. The van der Waals surface area contributed by atoms with Crippen LogP contribution in [0.4, 0.5) is 0 Å². The van der Waals surface area contributed by atoms with E-state index in [2.05, 4.69) is 21.3 Å². The normalized spacial score (nSPS) is 21.2. The van der Waals surface area contributed by atoms with E-state index < -0.39 is 11.9 Å². The first-order chi connectivity index (χ1) is 13.1. The minimum Gasteiger partial charge on any atom is -0.368 e. The molecule has 1 saturated carbocycles. The first-order valence-electron chi connectivity index (χ1n) is 9.87. The van der Waals surface area contributed by atoms with Crippen LogP contribution in [0.25, 0.3) is 0 Å². The van der Waals surface area contributed by atoms with Crippen LogP contribution < -0.4 is 5.73 Å². The van der Waals surface area contributed by atoms with Gasteiger partial charge in [-0.3, -0.25) is 9.59 Å². The van der Waals surface area contributed by atoms with Gasteiger partial charge in [0.2, 0.25) is 11.8 Å². The highest BCUT2D eigenvalue weighted by molar-refractivity contribution is 7.99. The third-order valence-electron chi connectivity index (χ3n) is 5.50. The number of allylic oxidation sites excluding steroid dienone is 1. The number of primary amides is 1. The first kappa shape index (κ1) is 19.9. The molecule has 3 rings (SSSR count). The van der Waals surface area contributed by atoms with E-state index in [1.165, 1.54) is 31.0 Å². The number of nitrogens with zero attached hydrogens (tertiary/aromatic N) is 4. The highest BCUT2D eigenvalue weighted by Gasteiger charge is 2.31. The van der Waals surface area contributed by atoms with Gasteiger partial charge in [-0.25, -0.2) is 0 Å². The van der Waals surface area contributed by atoms with Crippen LogP contribution in [0.1, 0.15) is 63.1 Å². The highest BCUT2D eigenvalue weighted by atomic mass is 32.2. The third kappa shape index (κ3) is 4.72. The SMILES string of the molecule is C=CCn1c(SCC(=O)N2CCCC[C@H]2C(N)=O)nnc1C1CCCCC1. The van der Waals surface area contributed by atoms with Crippen LogP contribution in [-0.2, 0) is 16.1 Å². The van der Waals surface area contributed by atoms with Gasteiger partial charge in [0.15, 0.2) is 5.16 Å².